The molecule has 1 aliphatic heterocycles. The van der Waals surface area contributed by atoms with Gasteiger partial charge in [0.15, 0.2) is 0 Å². The van der Waals surface area contributed by atoms with Crippen molar-refractivity contribution in [3.63, 3.8) is 0 Å². The van der Waals surface area contributed by atoms with Gasteiger partial charge in [-0.25, -0.2) is 4.90 Å². The molecule has 7 rings (SSSR count). The van der Waals surface area contributed by atoms with Gasteiger partial charge in [-0.3, -0.25) is 9.59 Å². The predicted octanol–water partition coefficient (Wildman–Crippen LogP) is 4.74. The molecule has 1 heterocycles. The van der Waals surface area contributed by atoms with Gasteiger partial charge >= 0.3 is 0 Å². The number of benzene rings is 3. The van der Waals surface area contributed by atoms with E-state index < -0.39 is 23.2 Å². The summed E-state index contributed by atoms with van der Waals surface area (Å²) in [6.07, 6.45) is 0.857. The second-order valence-electron chi connectivity index (χ2n) is 8.25. The van der Waals surface area contributed by atoms with Crippen LogP contribution in [-0.2, 0) is 19.8 Å². The average molecular weight is 448 g/mol. The molecule has 6 heteroatoms. The van der Waals surface area contributed by atoms with E-state index in [9.17, 15) is 14.4 Å². The quantitative estimate of drug-likeness (QED) is 0.420. The van der Waals surface area contributed by atoms with Crippen LogP contribution in [0.15, 0.2) is 66.7 Å². The van der Waals surface area contributed by atoms with Gasteiger partial charge in [0.2, 0.25) is 11.8 Å². The minimum absolute atomic E-state index is 0.218. The Hall–Kier alpha value is -2.95. The Morgan fingerprint density at radius 3 is 2.03 bits per heavy atom. The molecule has 2 amide bonds. The molecule has 0 radical (unpaired) electrons. The summed E-state index contributed by atoms with van der Waals surface area (Å²) in [5, 5.41) is 0.630. The summed E-state index contributed by atoms with van der Waals surface area (Å²) in [6.45, 7) is 0. The van der Waals surface area contributed by atoms with Gasteiger partial charge in [0, 0.05) is 10.9 Å². The molecule has 0 unspecified atom stereocenters. The molecule has 4 nitrogen and oxygen atoms in total. The number of carbonyl (C=O) groups is 3. The molecule has 0 aromatic heterocycles. The zero-order chi connectivity index (χ0) is 21.5. The van der Waals surface area contributed by atoms with Gasteiger partial charge in [0.1, 0.15) is 6.29 Å². The number of aldehydes is 1. The fourth-order valence-corrected chi connectivity index (χ4v) is 6.42. The third kappa shape index (κ3) is 2.14. The molecule has 1 saturated heterocycles. The monoisotopic (exact) mass is 447 g/mol. The first kappa shape index (κ1) is 18.8. The fourth-order valence-electron chi connectivity index (χ4n) is 5.93. The number of halogens is 2. The molecule has 1 fully saturated rings. The number of nitrogens with zero attached hydrogens (tertiary/aromatic N) is 1. The lowest BCUT2D eigenvalue weighted by molar-refractivity contribution is -0.128. The average Bonchev–Trinajstić information content (AvgIpc) is 3.05. The molecule has 0 saturated carbocycles. The number of amides is 2. The lowest BCUT2D eigenvalue weighted by Gasteiger charge is -2.51. The zero-order valence-corrected chi connectivity index (χ0v) is 17.6. The third-order valence-corrected chi connectivity index (χ3v) is 7.56. The van der Waals surface area contributed by atoms with Gasteiger partial charge in [0.05, 0.1) is 28.0 Å². The molecule has 0 spiro atoms. The van der Waals surface area contributed by atoms with Gasteiger partial charge in [-0.1, -0.05) is 71.7 Å². The maximum absolute atomic E-state index is 13.8. The van der Waals surface area contributed by atoms with Crippen molar-refractivity contribution in [3.05, 3.63) is 99.0 Å². The molecule has 2 atom stereocenters. The van der Waals surface area contributed by atoms with E-state index in [2.05, 4.69) is 0 Å². The third-order valence-electron chi connectivity index (χ3n) is 7.02. The highest BCUT2D eigenvalue weighted by atomic mass is 35.5. The summed E-state index contributed by atoms with van der Waals surface area (Å²) in [5.41, 5.74) is 2.55. The van der Waals surface area contributed by atoms with E-state index in [4.69, 9.17) is 23.2 Å². The van der Waals surface area contributed by atoms with Crippen LogP contribution in [0.25, 0.3) is 0 Å². The van der Waals surface area contributed by atoms with Gasteiger partial charge in [-0.15, -0.1) is 0 Å². The minimum Gasteiger partial charge on any atom is -0.302 e. The van der Waals surface area contributed by atoms with Gasteiger partial charge in [0.25, 0.3) is 0 Å². The lowest BCUT2D eigenvalue weighted by atomic mass is 9.48. The number of anilines is 1. The van der Waals surface area contributed by atoms with E-state index in [1.807, 2.05) is 48.5 Å². The molecule has 31 heavy (non-hydrogen) atoms. The molecule has 4 aliphatic rings. The summed E-state index contributed by atoms with van der Waals surface area (Å²) < 4.78 is 0. The summed E-state index contributed by atoms with van der Waals surface area (Å²) in [5.74, 6) is -2.53. The number of hydrogen-bond acceptors (Lipinski definition) is 3. The highest BCUT2D eigenvalue weighted by Crippen LogP contribution is 2.63. The highest BCUT2D eigenvalue weighted by molar-refractivity contribution is 6.38. The molecule has 3 aromatic rings. The Morgan fingerprint density at radius 2 is 1.45 bits per heavy atom. The maximum Gasteiger partial charge on any atom is 0.239 e. The Kier molecular flexibility index (Phi) is 3.81. The van der Waals surface area contributed by atoms with Crippen LogP contribution in [0.2, 0.25) is 10.0 Å². The predicted molar refractivity (Wildman–Crippen MR) is 118 cm³/mol. The fraction of sp³-hybridized carbons (Fsp3) is 0.160. The van der Waals surface area contributed by atoms with Crippen molar-refractivity contribution < 1.29 is 14.4 Å². The highest BCUT2D eigenvalue weighted by Gasteiger charge is 2.68. The number of rotatable bonds is 2. The topological polar surface area (TPSA) is 54.5 Å². The van der Waals surface area contributed by atoms with Crippen molar-refractivity contribution in [1.82, 2.24) is 0 Å². The summed E-state index contributed by atoms with van der Waals surface area (Å²) in [6, 6.07) is 20.0. The maximum atomic E-state index is 13.8. The van der Waals surface area contributed by atoms with E-state index >= 15 is 0 Å². The Morgan fingerprint density at radius 1 is 0.839 bits per heavy atom. The molecule has 3 aromatic carbocycles. The number of imide groups is 1. The van der Waals surface area contributed by atoms with E-state index in [-0.39, 0.29) is 16.8 Å². The van der Waals surface area contributed by atoms with Crippen LogP contribution in [0.3, 0.4) is 0 Å². The summed E-state index contributed by atoms with van der Waals surface area (Å²) in [4.78, 5) is 41.6. The Balaban J connectivity index is 1.65. The van der Waals surface area contributed by atoms with E-state index in [1.54, 1.807) is 12.1 Å². The van der Waals surface area contributed by atoms with Crippen LogP contribution >= 0.6 is 23.2 Å². The SMILES string of the molecule is O=CC12c3ccccc3C(c3ccccc31)[C@@H]1C(=O)N(c3ccc(Cl)cc3Cl)C(=O)[C@@H]12. The molecule has 152 valence electrons. The van der Waals surface area contributed by atoms with E-state index in [0.29, 0.717) is 10.7 Å². The van der Waals surface area contributed by atoms with Crippen LogP contribution in [0.1, 0.15) is 28.2 Å². The minimum atomic E-state index is -1.22. The van der Waals surface area contributed by atoms with Crippen molar-refractivity contribution in [2.24, 2.45) is 11.8 Å². The van der Waals surface area contributed by atoms with Gasteiger partial charge < -0.3 is 4.79 Å². The van der Waals surface area contributed by atoms with Crippen LogP contribution in [0.4, 0.5) is 5.69 Å². The first-order chi connectivity index (χ1) is 15.0. The van der Waals surface area contributed by atoms with Gasteiger partial charge in [-0.05, 0) is 40.5 Å². The molecule has 0 N–H and O–H groups in total. The van der Waals surface area contributed by atoms with E-state index in [1.165, 1.54) is 6.07 Å². The summed E-state index contributed by atoms with van der Waals surface area (Å²) >= 11 is 12.4. The molecule has 3 aliphatic carbocycles. The normalized spacial score (nSPS) is 27.7. The largest absolute Gasteiger partial charge is 0.302 e. The van der Waals surface area contributed by atoms with Crippen molar-refractivity contribution in [2.45, 2.75) is 11.3 Å². The van der Waals surface area contributed by atoms with Crippen LogP contribution < -0.4 is 4.90 Å². The van der Waals surface area contributed by atoms with E-state index in [0.717, 1.165) is 33.4 Å². The standard InChI is InChI=1S/C25H15Cl2NO3/c26-13-9-10-19(18(27)11-13)28-23(30)21-20-14-5-1-3-7-16(14)25(12-29,22(21)24(28)31)17-8-4-2-6-15(17)20/h1-12,20-22H/t20?,21-,22+,25?/m0/s1. The first-order valence-electron chi connectivity index (χ1n) is 9.98. The molecule has 2 bridgehead atoms. The first-order valence-corrected chi connectivity index (χ1v) is 10.7. The lowest BCUT2D eigenvalue weighted by Crippen LogP contribution is -2.54. The Bertz CT molecular complexity index is 1270. The number of hydrogen-bond donors (Lipinski definition) is 0. The summed E-state index contributed by atoms with van der Waals surface area (Å²) in [7, 11) is 0. The van der Waals surface area contributed by atoms with Crippen molar-refractivity contribution in [1.29, 1.82) is 0 Å². The van der Waals surface area contributed by atoms with Crippen LogP contribution in [0, 0.1) is 11.8 Å². The molecular weight excluding hydrogens is 433 g/mol. The van der Waals surface area contributed by atoms with Gasteiger partial charge in [-0.2, -0.15) is 0 Å². The van der Waals surface area contributed by atoms with Crippen LogP contribution in [-0.4, -0.2) is 18.1 Å². The molecular formula is C25H15Cl2NO3. The number of carbonyl (C=O) groups excluding carboxylic acids is 3. The zero-order valence-electron chi connectivity index (χ0n) is 16.1. The Labute approximate surface area is 188 Å². The second kappa shape index (κ2) is 6.28. The van der Waals surface area contributed by atoms with Crippen LogP contribution in [0.5, 0.6) is 0 Å². The van der Waals surface area contributed by atoms with Crippen molar-refractivity contribution >= 4 is 47.0 Å². The smallest absolute Gasteiger partial charge is 0.239 e. The van der Waals surface area contributed by atoms with Crippen molar-refractivity contribution in [2.75, 3.05) is 4.90 Å². The second-order valence-corrected chi connectivity index (χ2v) is 9.09. The van der Waals surface area contributed by atoms with Crippen molar-refractivity contribution in [3.8, 4) is 0 Å².